The highest BCUT2D eigenvalue weighted by molar-refractivity contribution is 5.75. The molecular formula is C16H19N7O2. The maximum absolute atomic E-state index is 11.2. The number of aliphatic hydroxyl groups is 1. The van der Waals surface area contributed by atoms with Gasteiger partial charge >= 0.3 is 0 Å². The number of amides is 1. The summed E-state index contributed by atoms with van der Waals surface area (Å²) in [6, 6.07) is 7.34. The Bertz CT molecular complexity index is 878. The first kappa shape index (κ1) is 16.8. The number of pyridine rings is 1. The van der Waals surface area contributed by atoms with Crippen molar-refractivity contribution in [3.63, 3.8) is 0 Å². The first-order valence-corrected chi connectivity index (χ1v) is 7.73. The second-order valence-electron chi connectivity index (χ2n) is 6.35. The SMILES string of the molecule is CC(C)(O)Cn1nc(CC(N)=O)nc1-c1cc(-c2ccccn2)n[nH]1. The van der Waals surface area contributed by atoms with Crippen molar-refractivity contribution in [1.29, 1.82) is 0 Å². The molecule has 0 unspecified atom stereocenters. The van der Waals surface area contributed by atoms with Crippen LogP contribution in [-0.2, 0) is 17.8 Å². The third-order valence-corrected chi connectivity index (χ3v) is 3.33. The number of rotatable bonds is 6. The second-order valence-corrected chi connectivity index (χ2v) is 6.35. The van der Waals surface area contributed by atoms with Crippen molar-refractivity contribution in [3.8, 4) is 22.9 Å². The second kappa shape index (κ2) is 6.44. The molecule has 3 heterocycles. The number of aromatic amines is 1. The van der Waals surface area contributed by atoms with E-state index >= 15 is 0 Å². The van der Waals surface area contributed by atoms with Gasteiger partial charge in [0, 0.05) is 6.20 Å². The van der Waals surface area contributed by atoms with Crippen LogP contribution in [0.4, 0.5) is 0 Å². The van der Waals surface area contributed by atoms with E-state index in [4.69, 9.17) is 5.73 Å². The minimum absolute atomic E-state index is 0.0763. The average molecular weight is 341 g/mol. The highest BCUT2D eigenvalue weighted by Crippen LogP contribution is 2.22. The maximum atomic E-state index is 11.2. The first-order valence-electron chi connectivity index (χ1n) is 7.73. The monoisotopic (exact) mass is 341 g/mol. The fraction of sp³-hybridized carbons (Fsp3) is 0.312. The third-order valence-electron chi connectivity index (χ3n) is 3.33. The van der Waals surface area contributed by atoms with Gasteiger partial charge < -0.3 is 10.8 Å². The molecule has 0 fully saturated rings. The van der Waals surface area contributed by atoms with E-state index in [2.05, 4.69) is 25.3 Å². The molecule has 0 spiro atoms. The Balaban J connectivity index is 1.99. The van der Waals surface area contributed by atoms with Gasteiger partial charge in [-0.05, 0) is 32.0 Å². The topological polar surface area (TPSA) is 136 Å². The summed E-state index contributed by atoms with van der Waals surface area (Å²) < 4.78 is 1.54. The zero-order valence-corrected chi connectivity index (χ0v) is 14.0. The number of carbonyl (C=O) groups excluding carboxylic acids is 1. The molecule has 0 aliphatic heterocycles. The Kier molecular flexibility index (Phi) is 4.32. The van der Waals surface area contributed by atoms with Gasteiger partial charge in [-0.2, -0.15) is 10.2 Å². The van der Waals surface area contributed by atoms with Crippen LogP contribution in [0.25, 0.3) is 22.9 Å². The van der Waals surface area contributed by atoms with Gasteiger partial charge in [0.15, 0.2) is 11.6 Å². The van der Waals surface area contributed by atoms with Crippen LogP contribution in [0.3, 0.4) is 0 Å². The van der Waals surface area contributed by atoms with Crippen molar-refractivity contribution in [1.82, 2.24) is 29.9 Å². The number of hydrogen-bond donors (Lipinski definition) is 3. The van der Waals surface area contributed by atoms with E-state index < -0.39 is 11.5 Å². The summed E-state index contributed by atoms with van der Waals surface area (Å²) in [6.45, 7) is 3.53. The molecule has 25 heavy (non-hydrogen) atoms. The van der Waals surface area contributed by atoms with E-state index in [9.17, 15) is 9.90 Å². The molecule has 0 bridgehead atoms. The lowest BCUT2D eigenvalue weighted by Crippen LogP contribution is -2.27. The van der Waals surface area contributed by atoms with Crippen molar-refractivity contribution in [2.45, 2.75) is 32.4 Å². The van der Waals surface area contributed by atoms with E-state index in [0.717, 1.165) is 5.69 Å². The Labute approximate surface area is 143 Å². The molecule has 1 amide bonds. The molecule has 4 N–H and O–H groups in total. The summed E-state index contributed by atoms with van der Waals surface area (Å²) >= 11 is 0. The van der Waals surface area contributed by atoms with Crippen LogP contribution in [0, 0.1) is 0 Å². The molecule has 3 aromatic rings. The molecule has 0 aromatic carbocycles. The maximum Gasteiger partial charge on any atom is 0.225 e. The van der Waals surface area contributed by atoms with Crippen LogP contribution in [0.5, 0.6) is 0 Å². The lowest BCUT2D eigenvalue weighted by atomic mass is 10.1. The van der Waals surface area contributed by atoms with Crippen LogP contribution >= 0.6 is 0 Å². The number of nitrogens with zero attached hydrogens (tertiary/aromatic N) is 5. The Morgan fingerprint density at radius 3 is 2.80 bits per heavy atom. The van der Waals surface area contributed by atoms with Crippen molar-refractivity contribution in [2.24, 2.45) is 5.73 Å². The highest BCUT2D eigenvalue weighted by atomic mass is 16.3. The van der Waals surface area contributed by atoms with Crippen LogP contribution in [0.1, 0.15) is 19.7 Å². The van der Waals surface area contributed by atoms with Gasteiger partial charge in [0.05, 0.1) is 24.3 Å². The molecule has 130 valence electrons. The zero-order chi connectivity index (χ0) is 18.0. The number of aromatic nitrogens is 6. The van der Waals surface area contributed by atoms with Crippen LogP contribution in [0.2, 0.25) is 0 Å². The van der Waals surface area contributed by atoms with E-state index in [1.807, 2.05) is 18.2 Å². The van der Waals surface area contributed by atoms with Crippen molar-refractivity contribution in [3.05, 3.63) is 36.3 Å². The average Bonchev–Trinajstić information content (AvgIpc) is 3.13. The lowest BCUT2D eigenvalue weighted by Gasteiger charge is -2.17. The van der Waals surface area contributed by atoms with Gasteiger partial charge in [0.25, 0.3) is 0 Å². The van der Waals surface area contributed by atoms with E-state index in [0.29, 0.717) is 23.0 Å². The molecule has 9 nitrogen and oxygen atoms in total. The number of carbonyl (C=O) groups is 1. The smallest absolute Gasteiger partial charge is 0.225 e. The zero-order valence-electron chi connectivity index (χ0n) is 14.0. The largest absolute Gasteiger partial charge is 0.389 e. The molecule has 3 rings (SSSR count). The highest BCUT2D eigenvalue weighted by Gasteiger charge is 2.21. The van der Waals surface area contributed by atoms with Gasteiger partial charge in [-0.25, -0.2) is 9.67 Å². The number of nitrogens with two attached hydrogens (primary N) is 1. The van der Waals surface area contributed by atoms with Crippen LogP contribution in [-0.4, -0.2) is 46.6 Å². The van der Waals surface area contributed by atoms with Crippen LogP contribution < -0.4 is 5.73 Å². The van der Waals surface area contributed by atoms with Gasteiger partial charge in [0.1, 0.15) is 11.4 Å². The predicted octanol–water partition coefficient (Wildman–Crippen LogP) is 0.529. The summed E-state index contributed by atoms with van der Waals surface area (Å²) in [4.78, 5) is 19.8. The van der Waals surface area contributed by atoms with Crippen molar-refractivity contribution in [2.75, 3.05) is 0 Å². The quantitative estimate of drug-likeness (QED) is 0.598. The number of H-pyrrole nitrogens is 1. The Hall–Kier alpha value is -3.07. The summed E-state index contributed by atoms with van der Waals surface area (Å²) in [6.07, 6.45) is 1.61. The minimum Gasteiger partial charge on any atom is -0.389 e. The van der Waals surface area contributed by atoms with E-state index in [1.54, 1.807) is 26.1 Å². The molecule has 3 aromatic heterocycles. The molecule has 0 aliphatic rings. The van der Waals surface area contributed by atoms with Crippen molar-refractivity contribution < 1.29 is 9.90 Å². The summed E-state index contributed by atoms with van der Waals surface area (Å²) in [5.74, 6) is 0.236. The van der Waals surface area contributed by atoms with Crippen LogP contribution in [0.15, 0.2) is 30.5 Å². The fourth-order valence-corrected chi connectivity index (χ4v) is 2.38. The molecule has 0 radical (unpaired) electrons. The third kappa shape index (κ3) is 4.07. The van der Waals surface area contributed by atoms with Gasteiger partial charge in [-0.1, -0.05) is 6.07 Å². The molecular weight excluding hydrogens is 322 g/mol. The summed E-state index contributed by atoms with van der Waals surface area (Å²) in [5, 5.41) is 21.5. The number of primary amides is 1. The standard InChI is InChI=1S/C16H19N7O2/c1-16(2,25)9-23-15(19-14(22-23)8-13(17)24)12-7-11(20-21-12)10-5-3-4-6-18-10/h3-7,25H,8-9H2,1-2H3,(H2,17,24)(H,20,21). The number of hydrogen-bond acceptors (Lipinski definition) is 6. The summed E-state index contributed by atoms with van der Waals surface area (Å²) in [5.41, 5.74) is 6.20. The minimum atomic E-state index is -1.00. The predicted molar refractivity (Wildman–Crippen MR) is 90.0 cm³/mol. The Morgan fingerprint density at radius 2 is 2.16 bits per heavy atom. The van der Waals surface area contributed by atoms with E-state index in [1.165, 1.54) is 4.68 Å². The van der Waals surface area contributed by atoms with Gasteiger partial charge in [-0.3, -0.25) is 14.9 Å². The molecule has 0 saturated heterocycles. The van der Waals surface area contributed by atoms with E-state index in [-0.39, 0.29) is 13.0 Å². The normalized spacial score (nSPS) is 11.6. The van der Waals surface area contributed by atoms with Gasteiger partial charge in [0.2, 0.25) is 5.91 Å². The first-order chi connectivity index (χ1) is 11.8. The van der Waals surface area contributed by atoms with Crippen molar-refractivity contribution >= 4 is 5.91 Å². The molecule has 0 aliphatic carbocycles. The Morgan fingerprint density at radius 1 is 1.36 bits per heavy atom. The number of nitrogens with one attached hydrogen (secondary N) is 1. The van der Waals surface area contributed by atoms with Gasteiger partial charge in [-0.15, -0.1) is 0 Å². The molecule has 0 saturated carbocycles. The summed E-state index contributed by atoms with van der Waals surface area (Å²) in [7, 11) is 0. The molecule has 0 atom stereocenters. The lowest BCUT2D eigenvalue weighted by molar-refractivity contribution is -0.117. The molecule has 9 heteroatoms. The fourth-order valence-electron chi connectivity index (χ4n) is 2.38.